The highest BCUT2D eigenvalue weighted by Crippen LogP contribution is 2.27. The molecule has 0 N–H and O–H groups in total. The smallest absolute Gasteiger partial charge is 0.0165 e. The molecule has 34 heavy (non-hydrogen) atoms. The van der Waals surface area contributed by atoms with Gasteiger partial charge in [0.25, 0.3) is 0 Å². The average molecular weight is 583 g/mol. The van der Waals surface area contributed by atoms with Crippen LogP contribution in [0.3, 0.4) is 0 Å². The Bertz CT molecular complexity index is 576. The molecular formula is C33H59I. The van der Waals surface area contributed by atoms with Crippen LogP contribution in [-0.2, 0) is 19.3 Å². The van der Waals surface area contributed by atoms with Crippen molar-refractivity contribution in [2.24, 2.45) is 0 Å². The maximum atomic E-state index is 2.63. The van der Waals surface area contributed by atoms with E-state index in [0.29, 0.717) is 0 Å². The molecule has 0 fully saturated rings. The maximum absolute atomic E-state index is 2.63. The van der Waals surface area contributed by atoms with E-state index in [1.165, 1.54) is 158 Å². The minimum atomic E-state index is 1.31. The van der Waals surface area contributed by atoms with Gasteiger partial charge in [0, 0.05) is 3.57 Å². The van der Waals surface area contributed by atoms with Crippen molar-refractivity contribution in [2.45, 2.75) is 175 Å². The molecule has 0 aliphatic heterocycles. The van der Waals surface area contributed by atoms with Crippen LogP contribution in [-0.4, -0.2) is 0 Å². The van der Waals surface area contributed by atoms with Crippen molar-refractivity contribution in [3.63, 3.8) is 0 Å². The van der Waals surface area contributed by atoms with Crippen LogP contribution in [0.5, 0.6) is 0 Å². The van der Waals surface area contributed by atoms with Gasteiger partial charge in [-0.15, -0.1) is 0 Å². The van der Waals surface area contributed by atoms with Crippen LogP contribution < -0.4 is 0 Å². The van der Waals surface area contributed by atoms with Crippen molar-refractivity contribution < 1.29 is 0 Å². The van der Waals surface area contributed by atoms with Gasteiger partial charge in [0.05, 0.1) is 0 Å². The molecule has 1 aromatic rings. The first kappa shape index (κ1) is 32.0. The van der Waals surface area contributed by atoms with Gasteiger partial charge in [-0.3, -0.25) is 0 Å². The van der Waals surface area contributed by atoms with E-state index in [2.05, 4.69) is 55.5 Å². The molecule has 0 nitrogen and oxygen atoms in total. The molecule has 0 bridgehead atoms. The van der Waals surface area contributed by atoms with Crippen molar-refractivity contribution in [1.29, 1.82) is 0 Å². The molecule has 0 saturated carbocycles. The molecule has 0 spiro atoms. The zero-order valence-electron chi connectivity index (χ0n) is 23.5. The van der Waals surface area contributed by atoms with E-state index in [0.717, 1.165) is 0 Å². The average Bonchev–Trinajstić information content (AvgIpc) is 2.84. The van der Waals surface area contributed by atoms with Gasteiger partial charge in [-0.1, -0.05) is 142 Å². The number of rotatable bonds is 24. The summed E-state index contributed by atoms with van der Waals surface area (Å²) in [5, 5.41) is 0. The highest BCUT2D eigenvalue weighted by atomic mass is 127. The normalized spacial score (nSPS) is 11.4. The minimum absolute atomic E-state index is 1.31. The monoisotopic (exact) mass is 582 g/mol. The van der Waals surface area contributed by atoms with Crippen molar-refractivity contribution in [3.8, 4) is 0 Å². The van der Waals surface area contributed by atoms with Gasteiger partial charge < -0.3 is 0 Å². The summed E-state index contributed by atoms with van der Waals surface area (Å²) < 4.78 is 1.53. The quantitative estimate of drug-likeness (QED) is 0.0840. The lowest BCUT2D eigenvalue weighted by Gasteiger charge is -2.18. The fourth-order valence-electron chi connectivity index (χ4n) is 5.32. The van der Waals surface area contributed by atoms with Gasteiger partial charge in [0.2, 0.25) is 0 Å². The number of halogens is 1. The summed E-state index contributed by atoms with van der Waals surface area (Å²) in [4.78, 5) is 0. The molecule has 0 saturated heterocycles. The van der Waals surface area contributed by atoms with Gasteiger partial charge in [-0.25, -0.2) is 0 Å². The first-order valence-corrected chi connectivity index (χ1v) is 16.6. The van der Waals surface area contributed by atoms with Crippen molar-refractivity contribution >= 4 is 22.6 Å². The predicted octanol–water partition coefficient (Wildman–Crippen LogP) is 12.2. The summed E-state index contributed by atoms with van der Waals surface area (Å²) in [7, 11) is 0. The number of hydrogen-bond donors (Lipinski definition) is 0. The van der Waals surface area contributed by atoms with Crippen LogP contribution in [0.4, 0.5) is 0 Å². The Morgan fingerprint density at radius 3 is 1.21 bits per heavy atom. The Morgan fingerprint density at radius 1 is 0.412 bits per heavy atom. The SMILES string of the molecule is CCCCCCCCCc1ccc(I)c(CCCCCCCCC)c1CCCCCCCCC. The maximum Gasteiger partial charge on any atom is 0.0165 e. The van der Waals surface area contributed by atoms with Gasteiger partial charge >= 0.3 is 0 Å². The summed E-state index contributed by atoms with van der Waals surface area (Å²) in [6.45, 7) is 6.94. The summed E-state index contributed by atoms with van der Waals surface area (Å²) in [5.41, 5.74) is 5.18. The summed E-state index contributed by atoms with van der Waals surface area (Å²) >= 11 is 2.63. The summed E-state index contributed by atoms with van der Waals surface area (Å²) in [5.74, 6) is 0. The van der Waals surface area contributed by atoms with Crippen LogP contribution in [0.2, 0.25) is 0 Å². The highest BCUT2D eigenvalue weighted by molar-refractivity contribution is 14.1. The standard InChI is InChI=1S/C33H59I/c1-4-7-10-13-16-19-22-25-30-28-29-33(34)32(27-24-21-18-15-12-9-6-3)31(30)26-23-20-17-14-11-8-5-2/h28-29H,4-27H2,1-3H3. The van der Waals surface area contributed by atoms with E-state index >= 15 is 0 Å². The Morgan fingerprint density at radius 2 is 0.765 bits per heavy atom. The zero-order valence-corrected chi connectivity index (χ0v) is 25.7. The van der Waals surface area contributed by atoms with Crippen LogP contribution in [0, 0.1) is 3.57 Å². The zero-order chi connectivity index (χ0) is 24.7. The number of aryl methyl sites for hydroxylation is 1. The summed E-state index contributed by atoms with van der Waals surface area (Å²) in [6, 6.07) is 4.92. The van der Waals surface area contributed by atoms with Crippen molar-refractivity contribution in [3.05, 3.63) is 32.4 Å². The molecule has 0 radical (unpaired) electrons. The van der Waals surface area contributed by atoms with Crippen LogP contribution in [0.15, 0.2) is 12.1 Å². The van der Waals surface area contributed by atoms with Crippen LogP contribution in [0.1, 0.15) is 172 Å². The van der Waals surface area contributed by atoms with E-state index < -0.39 is 0 Å². The molecule has 0 heterocycles. The Hall–Kier alpha value is -0.0500. The van der Waals surface area contributed by atoms with Crippen molar-refractivity contribution in [2.75, 3.05) is 0 Å². The predicted molar refractivity (Wildman–Crippen MR) is 164 cm³/mol. The van der Waals surface area contributed by atoms with E-state index in [1.807, 2.05) is 0 Å². The topological polar surface area (TPSA) is 0 Å². The number of unbranched alkanes of at least 4 members (excludes halogenated alkanes) is 18. The van der Waals surface area contributed by atoms with Crippen LogP contribution >= 0.6 is 22.6 Å². The molecule has 198 valence electrons. The second-order valence-corrected chi connectivity index (χ2v) is 11.9. The Labute approximate surface area is 229 Å². The fourth-order valence-corrected chi connectivity index (χ4v) is 6.09. The third-order valence-electron chi connectivity index (χ3n) is 7.58. The van der Waals surface area contributed by atoms with Gasteiger partial charge in [0.15, 0.2) is 0 Å². The Kier molecular flexibility index (Phi) is 22.0. The first-order chi connectivity index (χ1) is 16.7. The molecule has 0 amide bonds. The highest BCUT2D eigenvalue weighted by Gasteiger charge is 2.12. The van der Waals surface area contributed by atoms with Gasteiger partial charge in [-0.2, -0.15) is 0 Å². The second kappa shape index (κ2) is 23.4. The second-order valence-electron chi connectivity index (χ2n) is 10.8. The fraction of sp³-hybridized carbons (Fsp3) is 0.818. The number of benzene rings is 1. The van der Waals surface area contributed by atoms with E-state index in [1.54, 1.807) is 16.7 Å². The van der Waals surface area contributed by atoms with E-state index in [9.17, 15) is 0 Å². The molecule has 1 heteroatoms. The molecule has 1 rings (SSSR count). The largest absolute Gasteiger partial charge is 0.0654 e. The molecule has 0 atom stereocenters. The Balaban J connectivity index is 2.61. The first-order valence-electron chi connectivity index (χ1n) is 15.5. The van der Waals surface area contributed by atoms with E-state index in [4.69, 9.17) is 0 Å². The molecule has 0 aliphatic carbocycles. The van der Waals surface area contributed by atoms with E-state index in [-0.39, 0.29) is 0 Å². The molecule has 0 unspecified atom stereocenters. The molecule has 0 aromatic heterocycles. The van der Waals surface area contributed by atoms with Gasteiger partial charge in [0.1, 0.15) is 0 Å². The van der Waals surface area contributed by atoms with Crippen LogP contribution in [0.25, 0.3) is 0 Å². The van der Waals surface area contributed by atoms with Gasteiger partial charge in [-0.05, 0) is 83.9 Å². The molecular weight excluding hydrogens is 523 g/mol. The lowest BCUT2D eigenvalue weighted by Crippen LogP contribution is -2.04. The third-order valence-corrected chi connectivity index (χ3v) is 8.59. The lowest BCUT2D eigenvalue weighted by atomic mass is 9.90. The molecule has 1 aromatic carbocycles. The number of hydrogen-bond acceptors (Lipinski definition) is 0. The van der Waals surface area contributed by atoms with Crippen molar-refractivity contribution in [1.82, 2.24) is 0 Å². The third kappa shape index (κ3) is 15.8. The minimum Gasteiger partial charge on any atom is -0.0654 e. The summed E-state index contributed by atoms with van der Waals surface area (Å²) in [6.07, 6.45) is 33.6. The molecule has 0 aliphatic rings. The lowest BCUT2D eigenvalue weighted by molar-refractivity contribution is 0.578.